The maximum absolute atomic E-state index is 12.9. The largest absolute Gasteiger partial charge is 0.366 e. The third-order valence-corrected chi connectivity index (χ3v) is 9.58. The van der Waals surface area contributed by atoms with Gasteiger partial charge in [0, 0.05) is 37.1 Å². The Balaban J connectivity index is 1.28. The number of rotatable bonds is 7. The Bertz CT molecular complexity index is 1060. The predicted octanol–water partition coefficient (Wildman–Crippen LogP) is 4.63. The highest BCUT2D eigenvalue weighted by Crippen LogP contribution is 2.30. The van der Waals surface area contributed by atoms with Gasteiger partial charge in [-0.05, 0) is 44.5 Å². The molecule has 0 saturated carbocycles. The van der Waals surface area contributed by atoms with E-state index in [0.717, 1.165) is 27.8 Å². The summed E-state index contributed by atoms with van der Waals surface area (Å²) in [5.41, 5.74) is 3.41. The summed E-state index contributed by atoms with van der Waals surface area (Å²) in [6.45, 7) is 5.99. The molecule has 4 rings (SSSR count). The molecule has 2 heterocycles. The second kappa shape index (κ2) is 9.26. The summed E-state index contributed by atoms with van der Waals surface area (Å²) in [4.78, 5) is 6.91. The van der Waals surface area contributed by atoms with Gasteiger partial charge in [-0.2, -0.15) is 4.31 Å². The number of aromatic nitrogens is 1. The molecule has 0 bridgehead atoms. The van der Waals surface area contributed by atoms with E-state index in [2.05, 4.69) is 54.1 Å². The zero-order valence-corrected chi connectivity index (χ0v) is 19.8. The maximum Gasteiger partial charge on any atom is 0.214 e. The summed E-state index contributed by atoms with van der Waals surface area (Å²) in [7, 11) is -3.23. The van der Waals surface area contributed by atoms with Crippen LogP contribution in [-0.4, -0.2) is 54.9 Å². The second-order valence-electron chi connectivity index (χ2n) is 7.70. The number of anilines is 1. The Morgan fingerprint density at radius 2 is 1.90 bits per heavy atom. The Morgan fingerprint density at radius 1 is 1.13 bits per heavy atom. The molecule has 0 radical (unpaired) electrons. The van der Waals surface area contributed by atoms with Crippen molar-refractivity contribution in [2.24, 2.45) is 0 Å². The number of aryl methyl sites for hydroxylation is 1. The van der Waals surface area contributed by atoms with Gasteiger partial charge in [0.15, 0.2) is 4.34 Å². The van der Waals surface area contributed by atoms with Gasteiger partial charge in [-0.25, -0.2) is 13.4 Å². The maximum atomic E-state index is 12.9. The minimum atomic E-state index is -3.23. The third kappa shape index (κ3) is 4.99. The van der Waals surface area contributed by atoms with Crippen molar-refractivity contribution in [2.75, 3.05) is 36.0 Å². The van der Waals surface area contributed by atoms with Gasteiger partial charge >= 0.3 is 0 Å². The minimum Gasteiger partial charge on any atom is -0.366 e. The van der Waals surface area contributed by atoms with Crippen molar-refractivity contribution in [3.63, 3.8) is 0 Å². The predicted molar refractivity (Wildman–Crippen MR) is 128 cm³/mol. The van der Waals surface area contributed by atoms with Gasteiger partial charge in [-0.15, -0.1) is 11.3 Å². The first kappa shape index (κ1) is 21.6. The van der Waals surface area contributed by atoms with Crippen molar-refractivity contribution in [2.45, 2.75) is 30.6 Å². The molecule has 8 heteroatoms. The summed E-state index contributed by atoms with van der Waals surface area (Å²) in [5.74, 6) is 0.958. The smallest absolute Gasteiger partial charge is 0.214 e. The minimum absolute atomic E-state index is 0.161. The van der Waals surface area contributed by atoms with Crippen molar-refractivity contribution < 1.29 is 8.42 Å². The van der Waals surface area contributed by atoms with Gasteiger partial charge in [-0.3, -0.25) is 0 Å². The van der Waals surface area contributed by atoms with Crippen molar-refractivity contribution >= 4 is 49.0 Å². The van der Waals surface area contributed by atoms with Crippen LogP contribution < -0.4 is 4.90 Å². The van der Waals surface area contributed by atoms with Crippen LogP contribution in [0.15, 0.2) is 52.9 Å². The van der Waals surface area contributed by atoms with Crippen molar-refractivity contribution in [3.05, 3.63) is 54.1 Å². The summed E-state index contributed by atoms with van der Waals surface area (Å²) >= 11 is 3.32. The van der Waals surface area contributed by atoms with Gasteiger partial charge < -0.3 is 4.90 Å². The molecule has 3 aromatic rings. The quantitative estimate of drug-likeness (QED) is 0.379. The first-order valence-corrected chi connectivity index (χ1v) is 13.6. The average molecular weight is 462 g/mol. The zero-order chi connectivity index (χ0) is 21.1. The van der Waals surface area contributed by atoms with Crippen molar-refractivity contribution in [1.82, 2.24) is 9.29 Å². The lowest BCUT2D eigenvalue weighted by atomic mass is 10.1. The first-order chi connectivity index (χ1) is 14.4. The highest BCUT2D eigenvalue weighted by atomic mass is 32.2. The molecule has 5 nitrogen and oxygen atoms in total. The molecule has 1 unspecified atom stereocenters. The lowest BCUT2D eigenvalue weighted by Gasteiger charge is -2.40. The molecule has 0 N–H and O–H groups in total. The molecule has 2 aromatic carbocycles. The average Bonchev–Trinajstić information content (AvgIpc) is 3.15. The SMILES string of the molecule is Cc1ccc(N2CCN(S(=O)(=O)CCCSc3nc4ccccc4s3)CC2C)cc1. The summed E-state index contributed by atoms with van der Waals surface area (Å²) in [6, 6.07) is 16.7. The second-order valence-corrected chi connectivity index (χ2v) is 12.2. The molecule has 160 valence electrons. The van der Waals surface area contributed by atoms with Gasteiger partial charge in [0.25, 0.3) is 0 Å². The molecule has 1 saturated heterocycles. The number of thiazole rings is 1. The fraction of sp³-hybridized carbons (Fsp3) is 0.409. The molecular formula is C22H27N3O2S3. The Kier molecular flexibility index (Phi) is 6.67. The van der Waals surface area contributed by atoms with Crippen LogP contribution in [0.4, 0.5) is 5.69 Å². The van der Waals surface area contributed by atoms with Crippen LogP contribution in [0.1, 0.15) is 18.9 Å². The van der Waals surface area contributed by atoms with E-state index >= 15 is 0 Å². The topological polar surface area (TPSA) is 53.5 Å². The van der Waals surface area contributed by atoms with E-state index in [0.29, 0.717) is 19.5 Å². The monoisotopic (exact) mass is 461 g/mol. The first-order valence-electron chi connectivity index (χ1n) is 10.2. The van der Waals surface area contributed by atoms with Gasteiger partial charge in [0.05, 0.1) is 16.0 Å². The molecular weight excluding hydrogens is 434 g/mol. The van der Waals surface area contributed by atoms with Crippen LogP contribution in [0.3, 0.4) is 0 Å². The van der Waals surface area contributed by atoms with E-state index in [1.165, 1.54) is 10.3 Å². The molecule has 0 amide bonds. The molecule has 30 heavy (non-hydrogen) atoms. The van der Waals surface area contributed by atoms with Crippen molar-refractivity contribution in [3.8, 4) is 0 Å². The third-order valence-electron chi connectivity index (χ3n) is 5.40. The summed E-state index contributed by atoms with van der Waals surface area (Å²) < 4.78 is 29.6. The molecule has 0 spiro atoms. The lowest BCUT2D eigenvalue weighted by Crippen LogP contribution is -2.54. The van der Waals surface area contributed by atoms with Crippen LogP contribution in [0.2, 0.25) is 0 Å². The van der Waals surface area contributed by atoms with Crippen LogP contribution in [0.5, 0.6) is 0 Å². The van der Waals surface area contributed by atoms with Gasteiger partial charge in [-0.1, -0.05) is 41.6 Å². The van der Waals surface area contributed by atoms with Gasteiger partial charge in [0.1, 0.15) is 0 Å². The number of thioether (sulfide) groups is 1. The molecule has 1 aromatic heterocycles. The molecule has 0 aliphatic carbocycles. The Labute approximate surface area is 187 Å². The number of hydrogen-bond donors (Lipinski definition) is 0. The van der Waals surface area contributed by atoms with Gasteiger partial charge in [0.2, 0.25) is 10.0 Å². The number of fused-ring (bicyclic) bond motifs is 1. The van der Waals surface area contributed by atoms with Crippen LogP contribution in [0, 0.1) is 6.92 Å². The Hall–Kier alpha value is -1.61. The van der Waals surface area contributed by atoms with Crippen LogP contribution in [0.25, 0.3) is 10.2 Å². The van der Waals surface area contributed by atoms with E-state index in [9.17, 15) is 8.42 Å². The molecule has 1 atom stereocenters. The molecule has 1 aliphatic heterocycles. The van der Waals surface area contributed by atoms with E-state index in [1.54, 1.807) is 27.4 Å². The number of nitrogens with zero attached hydrogens (tertiary/aromatic N) is 3. The fourth-order valence-corrected chi connectivity index (χ4v) is 7.57. The van der Waals surface area contributed by atoms with E-state index in [-0.39, 0.29) is 11.8 Å². The summed E-state index contributed by atoms with van der Waals surface area (Å²) in [5, 5.41) is 0. The standard InChI is InChI=1S/C22H27N3O2S3/c1-17-8-10-19(11-9-17)25-13-12-24(16-18(25)2)30(26,27)15-5-14-28-22-23-20-6-3-4-7-21(20)29-22/h3-4,6-11,18H,5,12-16H2,1-2H3. The number of piperazine rings is 1. The number of para-hydroxylation sites is 1. The van der Waals surface area contributed by atoms with E-state index in [4.69, 9.17) is 0 Å². The molecule has 1 fully saturated rings. The number of hydrogen-bond acceptors (Lipinski definition) is 6. The highest BCUT2D eigenvalue weighted by molar-refractivity contribution is 8.01. The normalized spacial score (nSPS) is 18.2. The van der Waals surface area contributed by atoms with E-state index < -0.39 is 10.0 Å². The number of benzene rings is 2. The Morgan fingerprint density at radius 3 is 2.63 bits per heavy atom. The molecule has 1 aliphatic rings. The van der Waals surface area contributed by atoms with Crippen molar-refractivity contribution in [1.29, 1.82) is 0 Å². The van der Waals surface area contributed by atoms with Crippen LogP contribution >= 0.6 is 23.1 Å². The lowest BCUT2D eigenvalue weighted by molar-refractivity contribution is 0.342. The summed E-state index contributed by atoms with van der Waals surface area (Å²) in [6.07, 6.45) is 0.634. The van der Waals surface area contributed by atoms with Crippen LogP contribution in [-0.2, 0) is 10.0 Å². The van der Waals surface area contributed by atoms with E-state index in [1.807, 2.05) is 18.2 Å². The highest BCUT2D eigenvalue weighted by Gasteiger charge is 2.30. The number of sulfonamides is 1. The fourth-order valence-electron chi connectivity index (χ4n) is 3.74. The zero-order valence-electron chi connectivity index (χ0n) is 17.3.